The lowest BCUT2D eigenvalue weighted by atomic mass is 10.1. The molecule has 0 saturated carbocycles. The van der Waals surface area contributed by atoms with E-state index in [2.05, 4.69) is 54.2 Å². The van der Waals surface area contributed by atoms with Gasteiger partial charge in [0.25, 0.3) is 0 Å². The van der Waals surface area contributed by atoms with Gasteiger partial charge >= 0.3 is 0 Å². The monoisotopic (exact) mass is 277 g/mol. The third-order valence-electron chi connectivity index (χ3n) is 3.87. The van der Waals surface area contributed by atoms with Crippen molar-refractivity contribution in [2.24, 2.45) is 0 Å². The number of benzene rings is 2. The van der Waals surface area contributed by atoms with E-state index in [0.717, 1.165) is 28.7 Å². The van der Waals surface area contributed by atoms with E-state index in [4.69, 9.17) is 5.73 Å². The molecule has 0 fully saturated rings. The van der Waals surface area contributed by atoms with Crippen molar-refractivity contribution in [3.63, 3.8) is 0 Å². The third kappa shape index (κ3) is 2.42. The largest absolute Gasteiger partial charge is 0.397 e. The molecule has 3 nitrogen and oxygen atoms in total. The van der Waals surface area contributed by atoms with Crippen LogP contribution in [0.15, 0.2) is 54.7 Å². The topological polar surface area (TPSA) is 42.2 Å². The zero-order valence-corrected chi connectivity index (χ0v) is 12.4. The summed E-state index contributed by atoms with van der Waals surface area (Å²) in [6.45, 7) is 2.16. The summed E-state index contributed by atoms with van der Waals surface area (Å²) in [6, 6.07) is 16.6. The third-order valence-corrected chi connectivity index (χ3v) is 3.87. The molecular weight excluding hydrogens is 258 g/mol. The van der Waals surface area contributed by atoms with Gasteiger partial charge in [0.1, 0.15) is 0 Å². The van der Waals surface area contributed by atoms with Crippen molar-refractivity contribution in [1.82, 2.24) is 4.98 Å². The van der Waals surface area contributed by atoms with Crippen LogP contribution in [0.1, 0.15) is 12.5 Å². The maximum atomic E-state index is 6.02. The van der Waals surface area contributed by atoms with Crippen molar-refractivity contribution in [1.29, 1.82) is 0 Å². The van der Waals surface area contributed by atoms with E-state index in [-0.39, 0.29) is 0 Å². The van der Waals surface area contributed by atoms with E-state index >= 15 is 0 Å². The van der Waals surface area contributed by atoms with Gasteiger partial charge in [-0.15, -0.1) is 0 Å². The van der Waals surface area contributed by atoms with Crippen molar-refractivity contribution in [2.75, 3.05) is 17.7 Å². The first-order valence-corrected chi connectivity index (χ1v) is 7.16. The van der Waals surface area contributed by atoms with Gasteiger partial charge in [0.15, 0.2) is 0 Å². The number of hydrogen-bond acceptors (Lipinski definition) is 3. The number of rotatable bonds is 3. The molecule has 3 aromatic rings. The first kappa shape index (κ1) is 13.4. The highest BCUT2D eigenvalue weighted by atomic mass is 15.1. The molecule has 1 aromatic heterocycles. The Morgan fingerprint density at radius 1 is 1.05 bits per heavy atom. The molecule has 0 spiro atoms. The quantitative estimate of drug-likeness (QED) is 0.731. The second-order valence-electron chi connectivity index (χ2n) is 5.15. The van der Waals surface area contributed by atoms with Gasteiger partial charge in [0.2, 0.25) is 0 Å². The molecular formula is C18H19N3. The Balaban J connectivity index is 2.08. The zero-order valence-electron chi connectivity index (χ0n) is 12.4. The summed E-state index contributed by atoms with van der Waals surface area (Å²) in [5.74, 6) is 0. The molecule has 0 aliphatic carbocycles. The van der Waals surface area contributed by atoms with Crippen molar-refractivity contribution < 1.29 is 0 Å². The SMILES string of the molecule is CCc1ccc(N(C)c2ccnc3c(N)cccc23)cc1. The van der Waals surface area contributed by atoms with Gasteiger partial charge < -0.3 is 10.6 Å². The van der Waals surface area contributed by atoms with Crippen molar-refractivity contribution in [3.05, 3.63) is 60.3 Å². The molecule has 0 radical (unpaired) electrons. The highest BCUT2D eigenvalue weighted by Crippen LogP contribution is 2.32. The van der Waals surface area contributed by atoms with Crippen LogP contribution in [0.5, 0.6) is 0 Å². The molecule has 3 rings (SSSR count). The Morgan fingerprint density at radius 2 is 1.81 bits per heavy atom. The molecule has 106 valence electrons. The predicted molar refractivity (Wildman–Crippen MR) is 90.0 cm³/mol. The first-order chi connectivity index (χ1) is 10.2. The summed E-state index contributed by atoms with van der Waals surface area (Å²) < 4.78 is 0. The van der Waals surface area contributed by atoms with Gasteiger partial charge in [-0.2, -0.15) is 0 Å². The number of anilines is 3. The van der Waals surface area contributed by atoms with Crippen LogP contribution in [0.4, 0.5) is 17.1 Å². The Kier molecular flexibility index (Phi) is 3.48. The van der Waals surface area contributed by atoms with Crippen molar-refractivity contribution in [2.45, 2.75) is 13.3 Å². The zero-order chi connectivity index (χ0) is 14.8. The number of para-hydroxylation sites is 1. The molecule has 0 bridgehead atoms. The van der Waals surface area contributed by atoms with E-state index in [0.29, 0.717) is 5.69 Å². The second-order valence-corrected chi connectivity index (χ2v) is 5.15. The van der Waals surface area contributed by atoms with Crippen LogP contribution in [0.2, 0.25) is 0 Å². The molecule has 0 aliphatic heterocycles. The number of aryl methyl sites for hydroxylation is 1. The maximum absolute atomic E-state index is 6.02. The summed E-state index contributed by atoms with van der Waals surface area (Å²) in [4.78, 5) is 6.56. The lowest BCUT2D eigenvalue weighted by molar-refractivity contribution is 1.13. The lowest BCUT2D eigenvalue weighted by Gasteiger charge is -2.21. The molecule has 21 heavy (non-hydrogen) atoms. The lowest BCUT2D eigenvalue weighted by Crippen LogP contribution is -2.10. The van der Waals surface area contributed by atoms with Crippen LogP contribution in [-0.4, -0.2) is 12.0 Å². The Labute approximate surface area is 125 Å². The minimum absolute atomic E-state index is 0.712. The number of nitrogen functional groups attached to an aromatic ring is 1. The number of fused-ring (bicyclic) bond motifs is 1. The summed E-state index contributed by atoms with van der Waals surface area (Å²) in [5, 5.41) is 1.07. The number of nitrogens with zero attached hydrogens (tertiary/aromatic N) is 2. The van der Waals surface area contributed by atoms with E-state index in [9.17, 15) is 0 Å². The molecule has 0 amide bonds. The van der Waals surface area contributed by atoms with Crippen LogP contribution < -0.4 is 10.6 Å². The number of aromatic nitrogens is 1. The average Bonchev–Trinajstić information content (AvgIpc) is 2.54. The Hall–Kier alpha value is -2.55. The smallest absolute Gasteiger partial charge is 0.0952 e. The van der Waals surface area contributed by atoms with E-state index in [1.807, 2.05) is 24.4 Å². The molecule has 0 atom stereocenters. The minimum atomic E-state index is 0.712. The number of hydrogen-bond donors (Lipinski definition) is 1. The molecule has 1 heterocycles. The molecule has 0 aliphatic rings. The molecule has 0 saturated heterocycles. The number of pyridine rings is 1. The van der Waals surface area contributed by atoms with Crippen LogP contribution >= 0.6 is 0 Å². The first-order valence-electron chi connectivity index (χ1n) is 7.16. The van der Waals surface area contributed by atoms with Gasteiger partial charge in [0, 0.05) is 24.3 Å². The van der Waals surface area contributed by atoms with Gasteiger partial charge in [0.05, 0.1) is 16.9 Å². The van der Waals surface area contributed by atoms with Crippen LogP contribution in [0.3, 0.4) is 0 Å². The highest BCUT2D eigenvalue weighted by Gasteiger charge is 2.09. The van der Waals surface area contributed by atoms with E-state index in [1.165, 1.54) is 5.56 Å². The van der Waals surface area contributed by atoms with E-state index in [1.54, 1.807) is 0 Å². The fraction of sp³-hybridized carbons (Fsp3) is 0.167. The molecule has 2 N–H and O–H groups in total. The molecule has 3 heteroatoms. The standard InChI is InChI=1S/C18H19N3/c1-3-13-7-9-14(10-8-13)21(2)17-11-12-20-18-15(17)5-4-6-16(18)19/h4-12H,3,19H2,1-2H3. The molecule has 2 aromatic carbocycles. The Morgan fingerprint density at radius 3 is 2.52 bits per heavy atom. The second kappa shape index (κ2) is 5.44. The summed E-state index contributed by atoms with van der Waals surface area (Å²) in [5.41, 5.74) is 11.2. The summed E-state index contributed by atoms with van der Waals surface area (Å²) >= 11 is 0. The maximum Gasteiger partial charge on any atom is 0.0952 e. The fourth-order valence-electron chi connectivity index (χ4n) is 2.57. The predicted octanol–water partition coefficient (Wildman–Crippen LogP) is 4.15. The van der Waals surface area contributed by atoms with Crippen molar-refractivity contribution >= 4 is 28.0 Å². The summed E-state index contributed by atoms with van der Waals surface area (Å²) in [6.07, 6.45) is 2.86. The highest BCUT2D eigenvalue weighted by molar-refractivity contribution is 5.99. The fourth-order valence-corrected chi connectivity index (χ4v) is 2.57. The van der Waals surface area contributed by atoms with Gasteiger partial charge in [-0.25, -0.2) is 0 Å². The van der Waals surface area contributed by atoms with Crippen LogP contribution in [0, 0.1) is 0 Å². The van der Waals surface area contributed by atoms with Crippen LogP contribution in [-0.2, 0) is 6.42 Å². The van der Waals surface area contributed by atoms with Gasteiger partial charge in [-0.05, 0) is 36.2 Å². The van der Waals surface area contributed by atoms with Crippen molar-refractivity contribution in [3.8, 4) is 0 Å². The average molecular weight is 277 g/mol. The number of nitrogens with two attached hydrogens (primary N) is 1. The van der Waals surface area contributed by atoms with Gasteiger partial charge in [-0.1, -0.05) is 31.2 Å². The van der Waals surface area contributed by atoms with Gasteiger partial charge in [-0.3, -0.25) is 4.98 Å². The normalized spacial score (nSPS) is 10.8. The van der Waals surface area contributed by atoms with E-state index < -0.39 is 0 Å². The Bertz CT molecular complexity index is 763. The minimum Gasteiger partial charge on any atom is -0.397 e. The van der Waals surface area contributed by atoms with Crippen LogP contribution in [0.25, 0.3) is 10.9 Å². The summed E-state index contributed by atoms with van der Waals surface area (Å²) in [7, 11) is 2.07. The molecule has 0 unspecified atom stereocenters.